The molecule has 0 saturated heterocycles. The lowest BCUT2D eigenvalue weighted by Crippen LogP contribution is -2.56. The molecule has 158 valence electrons. The largest absolute Gasteiger partial charge is 0.466 e. The molecular weight excluding hydrogens is 374 g/mol. The Labute approximate surface area is 171 Å². The Morgan fingerprint density at radius 3 is 2.62 bits per heavy atom. The fourth-order valence-electron chi connectivity index (χ4n) is 4.16. The molecule has 7 nitrogen and oxygen atoms in total. The van der Waals surface area contributed by atoms with Crippen molar-refractivity contribution in [3.63, 3.8) is 0 Å². The van der Waals surface area contributed by atoms with Gasteiger partial charge in [0.15, 0.2) is 11.5 Å². The van der Waals surface area contributed by atoms with Gasteiger partial charge in [-0.3, -0.25) is 9.69 Å². The van der Waals surface area contributed by atoms with Crippen LogP contribution in [0, 0.1) is 0 Å². The van der Waals surface area contributed by atoms with Crippen LogP contribution in [0.3, 0.4) is 0 Å². The molecule has 1 aromatic carbocycles. The molecular formula is C22H29NO6. The van der Waals surface area contributed by atoms with Gasteiger partial charge in [-0.15, -0.1) is 6.58 Å². The zero-order valence-electron chi connectivity index (χ0n) is 17.2. The summed E-state index contributed by atoms with van der Waals surface area (Å²) < 4.78 is 21.6. The summed E-state index contributed by atoms with van der Waals surface area (Å²) in [6, 6.07) is 3.86. The van der Waals surface area contributed by atoms with Gasteiger partial charge in [-0.1, -0.05) is 6.08 Å². The Morgan fingerprint density at radius 1 is 1.21 bits per heavy atom. The van der Waals surface area contributed by atoms with Crippen molar-refractivity contribution in [2.45, 2.75) is 45.1 Å². The summed E-state index contributed by atoms with van der Waals surface area (Å²) in [5, 5.41) is 0. The zero-order valence-corrected chi connectivity index (χ0v) is 17.2. The number of nitrogens with zero attached hydrogens (tertiary/aromatic N) is 1. The lowest BCUT2D eigenvalue weighted by molar-refractivity contribution is -0.160. The van der Waals surface area contributed by atoms with Gasteiger partial charge in [-0.2, -0.15) is 0 Å². The van der Waals surface area contributed by atoms with Crippen LogP contribution in [-0.4, -0.2) is 49.9 Å². The van der Waals surface area contributed by atoms with Crippen molar-refractivity contribution >= 4 is 11.9 Å². The fourth-order valence-corrected chi connectivity index (χ4v) is 4.16. The normalized spacial score (nSPS) is 20.1. The molecule has 3 rings (SSSR count). The Balaban J connectivity index is 1.96. The summed E-state index contributed by atoms with van der Waals surface area (Å²) in [5.74, 6) is 0.806. The van der Waals surface area contributed by atoms with E-state index in [-0.39, 0.29) is 25.3 Å². The highest BCUT2D eigenvalue weighted by atomic mass is 16.7. The van der Waals surface area contributed by atoms with Crippen molar-refractivity contribution < 1.29 is 28.5 Å². The van der Waals surface area contributed by atoms with E-state index in [1.54, 1.807) is 19.9 Å². The molecule has 0 bridgehead atoms. The molecule has 0 N–H and O–H groups in total. The third kappa shape index (κ3) is 4.10. The quantitative estimate of drug-likeness (QED) is 0.464. The number of rotatable bonds is 9. The van der Waals surface area contributed by atoms with Crippen LogP contribution < -0.4 is 9.47 Å². The first kappa shape index (κ1) is 21.2. The van der Waals surface area contributed by atoms with Crippen LogP contribution in [0.5, 0.6) is 11.5 Å². The van der Waals surface area contributed by atoms with E-state index in [2.05, 4.69) is 11.5 Å². The van der Waals surface area contributed by atoms with Crippen molar-refractivity contribution in [1.82, 2.24) is 4.90 Å². The number of carbonyl (C=O) groups is 2. The van der Waals surface area contributed by atoms with E-state index in [0.29, 0.717) is 50.5 Å². The average molecular weight is 403 g/mol. The van der Waals surface area contributed by atoms with Crippen LogP contribution in [0.4, 0.5) is 0 Å². The maximum atomic E-state index is 13.3. The Bertz CT molecular complexity index is 777. The number of carbonyl (C=O) groups excluding carboxylic acids is 2. The average Bonchev–Trinajstić information content (AvgIpc) is 3.16. The predicted octanol–water partition coefficient (Wildman–Crippen LogP) is 2.95. The third-order valence-electron chi connectivity index (χ3n) is 5.40. The lowest BCUT2D eigenvalue weighted by Gasteiger charge is -2.46. The molecule has 0 amide bonds. The van der Waals surface area contributed by atoms with Crippen molar-refractivity contribution in [2.75, 3.05) is 33.1 Å². The molecule has 7 heteroatoms. The Hall–Kier alpha value is -2.54. The minimum Gasteiger partial charge on any atom is -0.466 e. The first-order chi connectivity index (χ1) is 14.1. The minimum absolute atomic E-state index is 0.176. The second-order valence-corrected chi connectivity index (χ2v) is 7.08. The molecule has 0 aromatic heterocycles. The van der Waals surface area contributed by atoms with Gasteiger partial charge >= 0.3 is 11.9 Å². The van der Waals surface area contributed by atoms with Gasteiger partial charge in [-0.05, 0) is 56.4 Å². The lowest BCUT2D eigenvalue weighted by atomic mass is 9.77. The zero-order chi connectivity index (χ0) is 20.9. The third-order valence-corrected chi connectivity index (χ3v) is 5.40. The molecule has 2 aliphatic heterocycles. The second-order valence-electron chi connectivity index (χ2n) is 7.08. The van der Waals surface area contributed by atoms with Gasteiger partial charge in [0.2, 0.25) is 6.79 Å². The monoisotopic (exact) mass is 403 g/mol. The second kappa shape index (κ2) is 9.31. The highest BCUT2D eigenvalue weighted by Gasteiger charge is 2.50. The molecule has 1 aromatic rings. The first-order valence-electron chi connectivity index (χ1n) is 10.2. The summed E-state index contributed by atoms with van der Waals surface area (Å²) >= 11 is 0. The van der Waals surface area contributed by atoms with E-state index < -0.39 is 5.54 Å². The molecule has 0 fully saturated rings. The predicted molar refractivity (Wildman–Crippen MR) is 107 cm³/mol. The van der Waals surface area contributed by atoms with Crippen molar-refractivity contribution in [1.29, 1.82) is 0 Å². The number of esters is 2. The molecule has 0 spiro atoms. The van der Waals surface area contributed by atoms with E-state index in [1.807, 2.05) is 12.1 Å². The molecule has 1 atom stereocenters. The van der Waals surface area contributed by atoms with Gasteiger partial charge in [0.25, 0.3) is 0 Å². The number of ether oxygens (including phenoxy) is 4. The van der Waals surface area contributed by atoms with E-state index in [9.17, 15) is 9.59 Å². The maximum absolute atomic E-state index is 13.3. The fraction of sp³-hybridized carbons (Fsp3) is 0.545. The highest BCUT2D eigenvalue weighted by Crippen LogP contribution is 2.45. The van der Waals surface area contributed by atoms with E-state index in [4.69, 9.17) is 18.9 Å². The van der Waals surface area contributed by atoms with Crippen molar-refractivity contribution in [3.8, 4) is 11.5 Å². The number of hydrogen-bond acceptors (Lipinski definition) is 7. The molecule has 0 radical (unpaired) electrons. The van der Waals surface area contributed by atoms with Crippen LogP contribution in [-0.2, 0) is 31.0 Å². The molecule has 2 aliphatic rings. The summed E-state index contributed by atoms with van der Waals surface area (Å²) in [5.41, 5.74) is 0.911. The summed E-state index contributed by atoms with van der Waals surface area (Å²) in [6.45, 7) is 9.55. The standard InChI is InChI=1S/C22H29NO6/c1-4-10-22(21(25)27-6-3)17-14-19-18(28-15-29-19)13-16(17)9-12-23(22)11-7-8-20(24)26-5-2/h4,13-14H,1,5-12,15H2,2-3H3. The van der Waals surface area contributed by atoms with Crippen molar-refractivity contribution in [3.05, 3.63) is 35.9 Å². The molecule has 1 unspecified atom stereocenters. The van der Waals surface area contributed by atoms with Crippen LogP contribution >= 0.6 is 0 Å². The number of fused-ring (bicyclic) bond motifs is 2. The van der Waals surface area contributed by atoms with Gasteiger partial charge in [0.1, 0.15) is 5.54 Å². The topological polar surface area (TPSA) is 74.3 Å². The highest BCUT2D eigenvalue weighted by molar-refractivity contribution is 5.84. The van der Waals surface area contributed by atoms with Crippen LogP contribution in [0.2, 0.25) is 0 Å². The first-order valence-corrected chi connectivity index (χ1v) is 10.2. The SMILES string of the molecule is C=CCC1(C(=O)OCC)c2cc3c(cc2CCN1CCCC(=O)OCC)OCO3. The van der Waals surface area contributed by atoms with Crippen molar-refractivity contribution in [2.24, 2.45) is 0 Å². The van der Waals surface area contributed by atoms with Crippen LogP contribution in [0.25, 0.3) is 0 Å². The van der Waals surface area contributed by atoms with Crippen LogP contribution in [0.1, 0.15) is 44.2 Å². The van der Waals surface area contributed by atoms with E-state index in [0.717, 1.165) is 17.5 Å². The smallest absolute Gasteiger partial charge is 0.331 e. The maximum Gasteiger partial charge on any atom is 0.331 e. The summed E-state index contributed by atoms with van der Waals surface area (Å²) in [4.78, 5) is 27.2. The number of benzene rings is 1. The Morgan fingerprint density at radius 2 is 1.93 bits per heavy atom. The Kier molecular flexibility index (Phi) is 6.79. The molecule has 2 heterocycles. The molecule has 29 heavy (non-hydrogen) atoms. The van der Waals surface area contributed by atoms with E-state index >= 15 is 0 Å². The molecule has 0 saturated carbocycles. The van der Waals surface area contributed by atoms with Gasteiger partial charge < -0.3 is 18.9 Å². The summed E-state index contributed by atoms with van der Waals surface area (Å²) in [7, 11) is 0. The van der Waals surface area contributed by atoms with Gasteiger partial charge in [-0.25, -0.2) is 4.79 Å². The van der Waals surface area contributed by atoms with Gasteiger partial charge in [0, 0.05) is 19.5 Å². The number of hydrogen-bond donors (Lipinski definition) is 0. The van der Waals surface area contributed by atoms with Crippen LogP contribution in [0.15, 0.2) is 24.8 Å². The molecule has 0 aliphatic carbocycles. The summed E-state index contributed by atoms with van der Waals surface area (Å²) in [6.07, 6.45) is 3.82. The van der Waals surface area contributed by atoms with E-state index in [1.165, 1.54) is 0 Å². The minimum atomic E-state index is -0.999. The van der Waals surface area contributed by atoms with Gasteiger partial charge in [0.05, 0.1) is 13.2 Å².